The van der Waals surface area contributed by atoms with Gasteiger partial charge in [0.1, 0.15) is 0 Å². The van der Waals surface area contributed by atoms with Crippen molar-refractivity contribution in [2.24, 2.45) is 5.92 Å². The summed E-state index contributed by atoms with van der Waals surface area (Å²) in [6.45, 7) is 13.1. The van der Waals surface area contributed by atoms with Crippen LogP contribution in [-0.2, 0) is 9.47 Å². The topological polar surface area (TPSA) is 18.5 Å². The molecule has 0 bridgehead atoms. The van der Waals surface area contributed by atoms with E-state index in [4.69, 9.17) is 9.47 Å². The third-order valence-corrected chi connectivity index (χ3v) is 4.83. The fraction of sp³-hybridized carbons (Fsp3) is 0.739. The third kappa shape index (κ3) is 13.1. The van der Waals surface area contributed by atoms with E-state index in [1.165, 1.54) is 48.8 Å². The van der Waals surface area contributed by atoms with Crippen LogP contribution in [-0.4, -0.2) is 20.0 Å². The van der Waals surface area contributed by atoms with Crippen molar-refractivity contribution < 1.29 is 9.47 Å². The van der Waals surface area contributed by atoms with E-state index in [2.05, 4.69) is 52.8 Å². The van der Waals surface area contributed by atoms with Gasteiger partial charge >= 0.3 is 0 Å². The molecule has 0 spiro atoms. The molecule has 0 heterocycles. The maximum atomic E-state index is 5.38. The van der Waals surface area contributed by atoms with E-state index in [1.807, 2.05) is 6.92 Å². The molecule has 2 nitrogen and oxygen atoms in total. The van der Waals surface area contributed by atoms with Crippen molar-refractivity contribution in [3.63, 3.8) is 0 Å². The molecular weight excluding hydrogens is 308 g/mol. The van der Waals surface area contributed by atoms with Gasteiger partial charge < -0.3 is 9.47 Å². The molecule has 0 aromatic rings. The average Bonchev–Trinajstić information content (AvgIpc) is 2.54. The maximum absolute atomic E-state index is 5.38. The van der Waals surface area contributed by atoms with Crippen LogP contribution in [0.4, 0.5) is 0 Å². The summed E-state index contributed by atoms with van der Waals surface area (Å²) in [6, 6.07) is 0. The molecule has 0 rings (SSSR count). The van der Waals surface area contributed by atoms with Gasteiger partial charge in [0, 0.05) is 14.2 Å². The van der Waals surface area contributed by atoms with Gasteiger partial charge in [0.2, 0.25) is 0 Å². The number of rotatable bonds is 13. The van der Waals surface area contributed by atoms with Crippen LogP contribution in [0.5, 0.6) is 0 Å². The van der Waals surface area contributed by atoms with E-state index in [9.17, 15) is 0 Å². The Morgan fingerprint density at radius 3 is 2.08 bits per heavy atom. The molecule has 0 aliphatic heterocycles. The maximum Gasteiger partial charge on any atom is 0.184 e. The predicted molar refractivity (Wildman–Crippen MR) is 111 cm³/mol. The van der Waals surface area contributed by atoms with Crippen molar-refractivity contribution in [3.05, 3.63) is 34.9 Å². The highest BCUT2D eigenvalue weighted by Gasteiger charge is 2.18. The number of hydrogen-bond donors (Lipinski definition) is 0. The molecular formula is C23H42O2. The Labute approximate surface area is 157 Å². The van der Waals surface area contributed by atoms with Gasteiger partial charge in [-0.1, -0.05) is 42.2 Å². The molecule has 0 radical (unpaired) electrons. The Balaban J connectivity index is 4.06. The normalized spacial score (nSPS) is 14.6. The van der Waals surface area contributed by atoms with E-state index in [-0.39, 0.29) is 0 Å². The van der Waals surface area contributed by atoms with Gasteiger partial charge in [-0.3, -0.25) is 0 Å². The molecule has 0 aliphatic carbocycles. The molecule has 1 unspecified atom stereocenters. The quantitative estimate of drug-likeness (QED) is 0.258. The summed E-state index contributed by atoms with van der Waals surface area (Å²) in [5.74, 6) is 0.221. The van der Waals surface area contributed by atoms with Gasteiger partial charge in [-0.15, -0.1) is 0 Å². The minimum absolute atomic E-state index is 0.607. The Morgan fingerprint density at radius 2 is 1.52 bits per heavy atom. The molecule has 0 aromatic carbocycles. The Hall–Kier alpha value is -0.860. The second kappa shape index (κ2) is 13.4. The van der Waals surface area contributed by atoms with Crippen LogP contribution in [0.3, 0.4) is 0 Å². The lowest BCUT2D eigenvalue weighted by Crippen LogP contribution is -2.27. The second-order valence-electron chi connectivity index (χ2n) is 7.86. The minimum Gasteiger partial charge on any atom is -0.350 e. The van der Waals surface area contributed by atoms with Crippen molar-refractivity contribution in [2.75, 3.05) is 14.2 Å². The van der Waals surface area contributed by atoms with Crippen molar-refractivity contribution in [1.29, 1.82) is 0 Å². The van der Waals surface area contributed by atoms with Gasteiger partial charge in [0.15, 0.2) is 5.79 Å². The Bertz CT molecular complexity index is 435. The molecule has 0 fully saturated rings. The van der Waals surface area contributed by atoms with Crippen LogP contribution < -0.4 is 0 Å². The smallest absolute Gasteiger partial charge is 0.184 e. The summed E-state index contributed by atoms with van der Waals surface area (Å²) in [4.78, 5) is 0. The van der Waals surface area contributed by atoms with E-state index < -0.39 is 5.79 Å². The lowest BCUT2D eigenvalue weighted by atomic mass is 9.96. The zero-order valence-electron chi connectivity index (χ0n) is 18.1. The molecule has 2 heteroatoms. The number of allylic oxidation sites excluding steroid dienone is 5. The molecule has 0 aliphatic rings. The summed E-state index contributed by atoms with van der Waals surface area (Å²) >= 11 is 0. The van der Waals surface area contributed by atoms with Crippen molar-refractivity contribution in [3.8, 4) is 0 Å². The van der Waals surface area contributed by atoms with Gasteiger partial charge in [-0.2, -0.15) is 0 Å². The Kier molecular flexibility index (Phi) is 12.9. The highest BCUT2D eigenvalue weighted by molar-refractivity contribution is 5.07. The van der Waals surface area contributed by atoms with Gasteiger partial charge in [0.25, 0.3) is 0 Å². The summed E-state index contributed by atoms with van der Waals surface area (Å²) in [6.07, 6.45) is 15.4. The first-order valence-electron chi connectivity index (χ1n) is 9.80. The first-order chi connectivity index (χ1) is 11.7. The average molecular weight is 351 g/mol. The van der Waals surface area contributed by atoms with Crippen LogP contribution in [0.1, 0.15) is 86.5 Å². The van der Waals surface area contributed by atoms with Crippen LogP contribution in [0.2, 0.25) is 0 Å². The second-order valence-corrected chi connectivity index (χ2v) is 7.86. The lowest BCUT2D eigenvalue weighted by Gasteiger charge is -2.23. The van der Waals surface area contributed by atoms with Crippen molar-refractivity contribution >= 4 is 0 Å². The van der Waals surface area contributed by atoms with Crippen molar-refractivity contribution in [2.45, 2.75) is 92.3 Å². The molecule has 146 valence electrons. The molecule has 25 heavy (non-hydrogen) atoms. The van der Waals surface area contributed by atoms with Gasteiger partial charge in [-0.05, 0) is 85.1 Å². The number of methoxy groups -OCH3 is 2. The fourth-order valence-corrected chi connectivity index (χ4v) is 2.90. The van der Waals surface area contributed by atoms with Gasteiger partial charge in [-0.25, -0.2) is 0 Å². The highest BCUT2D eigenvalue weighted by atomic mass is 16.7. The molecule has 0 saturated heterocycles. The van der Waals surface area contributed by atoms with Crippen molar-refractivity contribution in [1.82, 2.24) is 0 Å². The summed E-state index contributed by atoms with van der Waals surface area (Å²) in [7, 11) is 3.36. The van der Waals surface area contributed by atoms with Crippen LogP contribution in [0, 0.1) is 5.92 Å². The summed E-state index contributed by atoms with van der Waals surface area (Å²) in [5.41, 5.74) is 4.26. The molecule has 0 amide bonds. The monoisotopic (exact) mass is 350 g/mol. The molecule has 1 atom stereocenters. The molecule has 0 aromatic heterocycles. The zero-order chi connectivity index (χ0) is 19.3. The van der Waals surface area contributed by atoms with Crippen LogP contribution >= 0.6 is 0 Å². The third-order valence-electron chi connectivity index (χ3n) is 4.83. The Morgan fingerprint density at radius 1 is 0.880 bits per heavy atom. The minimum atomic E-state index is -0.607. The first kappa shape index (κ1) is 24.1. The number of ether oxygens (including phenoxy) is 2. The largest absolute Gasteiger partial charge is 0.350 e. The standard InChI is InChI=1S/C23H42O2/c1-19(2)12-9-13-20(3)14-10-15-21(4)16-11-17-22(5)18-23(6,24-7)25-8/h12,16,18,20H,9-11,13-15,17H2,1-8H3. The summed E-state index contributed by atoms with van der Waals surface area (Å²) in [5, 5.41) is 0. The van der Waals surface area contributed by atoms with Crippen LogP contribution in [0.25, 0.3) is 0 Å². The summed E-state index contributed by atoms with van der Waals surface area (Å²) < 4.78 is 10.8. The molecule has 0 saturated carbocycles. The predicted octanol–water partition coefficient (Wildman–Crippen LogP) is 7.22. The fourth-order valence-electron chi connectivity index (χ4n) is 2.90. The van der Waals surface area contributed by atoms with E-state index in [1.54, 1.807) is 14.2 Å². The van der Waals surface area contributed by atoms with E-state index in [0.29, 0.717) is 0 Å². The molecule has 0 N–H and O–H groups in total. The van der Waals surface area contributed by atoms with E-state index >= 15 is 0 Å². The lowest BCUT2D eigenvalue weighted by molar-refractivity contribution is -0.156. The highest BCUT2D eigenvalue weighted by Crippen LogP contribution is 2.19. The van der Waals surface area contributed by atoms with Crippen LogP contribution in [0.15, 0.2) is 34.9 Å². The zero-order valence-corrected chi connectivity index (χ0v) is 18.1. The van der Waals surface area contributed by atoms with Gasteiger partial charge in [0.05, 0.1) is 0 Å². The SMILES string of the molecule is COC(C)(C=C(C)CCC=C(C)CCCC(C)CCC=C(C)C)OC. The number of hydrogen-bond acceptors (Lipinski definition) is 2. The van der Waals surface area contributed by atoms with E-state index in [0.717, 1.165) is 18.8 Å². The first-order valence-corrected chi connectivity index (χ1v) is 9.80.